The standard InChI is InChI=1S/C11H24O2Si/c1-4-5-6-7-8-11-14(3)13-10-9-12-2/h4,14H,1,5-11H2,2-3H3. The molecule has 1 atom stereocenters. The molecular formula is C11H24O2Si. The Labute approximate surface area is 90.0 Å². The number of unbranched alkanes of at least 4 members (excludes halogenated alkanes) is 3. The first-order chi connectivity index (χ1) is 6.81. The second kappa shape index (κ2) is 11.0. The predicted octanol–water partition coefficient (Wildman–Crippen LogP) is 2.75. The third-order valence-corrected chi connectivity index (χ3v) is 4.23. The number of ether oxygens (including phenoxy) is 1. The molecule has 0 amide bonds. The van der Waals surface area contributed by atoms with Crippen molar-refractivity contribution in [2.45, 2.75) is 38.3 Å². The maximum atomic E-state index is 5.68. The first-order valence-electron chi connectivity index (χ1n) is 5.52. The van der Waals surface area contributed by atoms with E-state index in [2.05, 4.69) is 13.1 Å². The summed E-state index contributed by atoms with van der Waals surface area (Å²) in [5.74, 6) is 0. The van der Waals surface area contributed by atoms with Crippen LogP contribution in [0.3, 0.4) is 0 Å². The summed E-state index contributed by atoms with van der Waals surface area (Å²) in [7, 11) is 0.822. The molecule has 0 spiro atoms. The second-order valence-corrected chi connectivity index (χ2v) is 6.13. The summed E-state index contributed by atoms with van der Waals surface area (Å²) in [4.78, 5) is 0. The Hall–Kier alpha value is -0.123. The molecule has 0 bridgehead atoms. The maximum absolute atomic E-state index is 5.68. The molecule has 3 heteroatoms. The van der Waals surface area contributed by atoms with Gasteiger partial charge in [-0.05, 0) is 25.4 Å². The van der Waals surface area contributed by atoms with Gasteiger partial charge in [0.2, 0.25) is 0 Å². The average Bonchev–Trinajstić information content (AvgIpc) is 2.18. The van der Waals surface area contributed by atoms with Crippen molar-refractivity contribution in [3.8, 4) is 0 Å². The molecule has 0 saturated heterocycles. The number of hydrogen-bond donors (Lipinski definition) is 0. The van der Waals surface area contributed by atoms with Gasteiger partial charge in [0.05, 0.1) is 13.2 Å². The van der Waals surface area contributed by atoms with E-state index in [0.29, 0.717) is 0 Å². The molecule has 0 radical (unpaired) electrons. The lowest BCUT2D eigenvalue weighted by Gasteiger charge is -2.10. The van der Waals surface area contributed by atoms with Crippen molar-refractivity contribution in [2.75, 3.05) is 20.3 Å². The summed E-state index contributed by atoms with van der Waals surface area (Å²) >= 11 is 0. The first-order valence-corrected chi connectivity index (χ1v) is 7.97. The molecule has 84 valence electrons. The summed E-state index contributed by atoms with van der Waals surface area (Å²) in [6.45, 7) is 7.48. The van der Waals surface area contributed by atoms with Gasteiger partial charge in [-0.1, -0.05) is 18.9 Å². The van der Waals surface area contributed by atoms with Crippen molar-refractivity contribution in [1.82, 2.24) is 0 Å². The summed E-state index contributed by atoms with van der Waals surface area (Å²) in [6.07, 6.45) is 7.06. The van der Waals surface area contributed by atoms with Gasteiger partial charge in [-0.3, -0.25) is 0 Å². The fourth-order valence-corrected chi connectivity index (χ4v) is 2.84. The summed E-state index contributed by atoms with van der Waals surface area (Å²) in [6, 6.07) is 1.29. The molecule has 0 aliphatic carbocycles. The predicted molar refractivity (Wildman–Crippen MR) is 64.3 cm³/mol. The largest absolute Gasteiger partial charge is 0.418 e. The molecule has 0 N–H and O–H groups in total. The SMILES string of the molecule is C=CCCCCC[SiH](C)OCCOC. The molecular weight excluding hydrogens is 192 g/mol. The van der Waals surface area contributed by atoms with E-state index in [1.54, 1.807) is 7.11 Å². The van der Waals surface area contributed by atoms with Crippen LogP contribution in [0.15, 0.2) is 12.7 Å². The van der Waals surface area contributed by atoms with E-state index in [-0.39, 0.29) is 0 Å². The molecule has 1 unspecified atom stereocenters. The average molecular weight is 216 g/mol. The zero-order chi connectivity index (χ0) is 10.6. The normalized spacial score (nSPS) is 12.7. The van der Waals surface area contributed by atoms with Gasteiger partial charge in [-0.15, -0.1) is 6.58 Å². The quantitative estimate of drug-likeness (QED) is 0.317. The lowest BCUT2D eigenvalue weighted by Crippen LogP contribution is -2.16. The van der Waals surface area contributed by atoms with Crippen LogP contribution in [0.4, 0.5) is 0 Å². The number of allylic oxidation sites excluding steroid dienone is 1. The molecule has 0 heterocycles. The minimum absolute atomic E-state index is 0.730. The van der Waals surface area contributed by atoms with Crippen LogP contribution in [-0.2, 0) is 9.16 Å². The van der Waals surface area contributed by atoms with Crippen LogP contribution in [0, 0.1) is 0 Å². The smallest absolute Gasteiger partial charge is 0.174 e. The summed E-state index contributed by atoms with van der Waals surface area (Å²) in [5.41, 5.74) is 0. The second-order valence-electron chi connectivity index (χ2n) is 3.60. The van der Waals surface area contributed by atoms with E-state index in [0.717, 1.165) is 19.6 Å². The third-order valence-electron chi connectivity index (χ3n) is 2.21. The van der Waals surface area contributed by atoms with Crippen molar-refractivity contribution in [2.24, 2.45) is 0 Å². The van der Waals surface area contributed by atoms with Gasteiger partial charge in [-0.25, -0.2) is 0 Å². The monoisotopic (exact) mass is 216 g/mol. The first kappa shape index (κ1) is 13.9. The van der Waals surface area contributed by atoms with E-state index in [4.69, 9.17) is 9.16 Å². The molecule has 0 aromatic heterocycles. The fraction of sp³-hybridized carbons (Fsp3) is 0.818. The van der Waals surface area contributed by atoms with Crippen LogP contribution in [0.1, 0.15) is 25.7 Å². The van der Waals surface area contributed by atoms with Gasteiger partial charge in [0.15, 0.2) is 9.04 Å². The Morgan fingerprint density at radius 2 is 2.00 bits per heavy atom. The summed E-state index contributed by atoms with van der Waals surface area (Å²) < 4.78 is 10.6. The van der Waals surface area contributed by atoms with E-state index in [1.807, 2.05) is 6.08 Å². The maximum Gasteiger partial charge on any atom is 0.174 e. The van der Waals surface area contributed by atoms with Crippen molar-refractivity contribution in [1.29, 1.82) is 0 Å². The highest BCUT2D eigenvalue weighted by molar-refractivity contribution is 6.50. The molecule has 0 aliphatic heterocycles. The lowest BCUT2D eigenvalue weighted by atomic mass is 10.2. The molecule has 0 saturated carbocycles. The van der Waals surface area contributed by atoms with Gasteiger partial charge in [0.25, 0.3) is 0 Å². The van der Waals surface area contributed by atoms with Gasteiger partial charge < -0.3 is 9.16 Å². The Balaban J connectivity index is 3.09. The molecule has 0 aromatic rings. The molecule has 0 fully saturated rings. The Morgan fingerprint density at radius 1 is 1.21 bits per heavy atom. The van der Waals surface area contributed by atoms with Crippen molar-refractivity contribution in [3.63, 3.8) is 0 Å². The number of methoxy groups -OCH3 is 1. The molecule has 0 aromatic carbocycles. The zero-order valence-corrected chi connectivity index (χ0v) is 10.8. The van der Waals surface area contributed by atoms with Gasteiger partial charge in [-0.2, -0.15) is 0 Å². The highest BCUT2D eigenvalue weighted by Gasteiger charge is 2.03. The van der Waals surface area contributed by atoms with Crippen molar-refractivity contribution < 1.29 is 9.16 Å². The Bertz CT molecular complexity index is 128. The summed E-state index contributed by atoms with van der Waals surface area (Å²) in [5, 5.41) is 0. The third kappa shape index (κ3) is 9.96. The van der Waals surface area contributed by atoms with Crippen LogP contribution in [0.2, 0.25) is 12.6 Å². The minimum atomic E-state index is -0.891. The number of hydrogen-bond acceptors (Lipinski definition) is 2. The topological polar surface area (TPSA) is 18.5 Å². The van der Waals surface area contributed by atoms with Crippen LogP contribution in [-0.4, -0.2) is 29.4 Å². The highest BCUT2D eigenvalue weighted by Crippen LogP contribution is 2.07. The van der Waals surface area contributed by atoms with Gasteiger partial charge in [0.1, 0.15) is 0 Å². The fourth-order valence-electron chi connectivity index (χ4n) is 1.31. The van der Waals surface area contributed by atoms with Crippen LogP contribution < -0.4 is 0 Å². The Morgan fingerprint density at radius 3 is 2.64 bits per heavy atom. The van der Waals surface area contributed by atoms with E-state index >= 15 is 0 Å². The molecule has 2 nitrogen and oxygen atoms in total. The van der Waals surface area contributed by atoms with E-state index in [1.165, 1.54) is 25.3 Å². The highest BCUT2D eigenvalue weighted by atomic mass is 28.3. The van der Waals surface area contributed by atoms with E-state index < -0.39 is 9.04 Å². The Kier molecular flexibility index (Phi) is 10.9. The van der Waals surface area contributed by atoms with Gasteiger partial charge in [0, 0.05) is 7.11 Å². The zero-order valence-electron chi connectivity index (χ0n) is 9.63. The molecule has 14 heavy (non-hydrogen) atoms. The minimum Gasteiger partial charge on any atom is -0.418 e. The lowest BCUT2D eigenvalue weighted by molar-refractivity contribution is 0.146. The molecule has 0 aliphatic rings. The van der Waals surface area contributed by atoms with Gasteiger partial charge >= 0.3 is 0 Å². The van der Waals surface area contributed by atoms with Crippen LogP contribution in [0.25, 0.3) is 0 Å². The van der Waals surface area contributed by atoms with Crippen molar-refractivity contribution in [3.05, 3.63) is 12.7 Å². The van der Waals surface area contributed by atoms with Crippen LogP contribution >= 0.6 is 0 Å². The van der Waals surface area contributed by atoms with E-state index in [9.17, 15) is 0 Å². The van der Waals surface area contributed by atoms with Crippen molar-refractivity contribution >= 4 is 9.04 Å². The molecule has 0 rings (SSSR count). The number of rotatable bonds is 10. The van der Waals surface area contributed by atoms with Crippen LogP contribution in [0.5, 0.6) is 0 Å².